The molecule has 7 heteroatoms. The van der Waals surface area contributed by atoms with Crippen molar-refractivity contribution in [1.82, 2.24) is 9.21 Å². The predicted molar refractivity (Wildman–Crippen MR) is 90.7 cm³/mol. The highest BCUT2D eigenvalue weighted by Crippen LogP contribution is 2.30. The molecule has 0 radical (unpaired) electrons. The Morgan fingerprint density at radius 3 is 2.59 bits per heavy atom. The minimum Gasteiger partial charge on any atom is -0.495 e. The molecule has 1 fully saturated rings. The molecule has 0 aromatic heterocycles. The molecule has 1 aliphatic rings. The third-order valence-electron chi connectivity index (χ3n) is 4.17. The molecule has 0 spiro atoms. The van der Waals surface area contributed by atoms with Crippen LogP contribution in [0.2, 0.25) is 0 Å². The second-order valence-electron chi connectivity index (χ2n) is 5.83. The Morgan fingerprint density at radius 1 is 1.36 bits per heavy atom. The van der Waals surface area contributed by atoms with Gasteiger partial charge < -0.3 is 9.64 Å². The molecule has 5 nitrogen and oxygen atoms in total. The van der Waals surface area contributed by atoms with E-state index in [1.807, 2.05) is 0 Å². The van der Waals surface area contributed by atoms with Crippen molar-refractivity contribution in [2.24, 2.45) is 5.92 Å². The van der Waals surface area contributed by atoms with Gasteiger partial charge >= 0.3 is 0 Å². The Bertz CT molecular complexity index is 613. The van der Waals surface area contributed by atoms with Crippen LogP contribution in [0.15, 0.2) is 27.6 Å². The molecule has 0 aliphatic carbocycles. The molecule has 1 aliphatic heterocycles. The van der Waals surface area contributed by atoms with E-state index in [2.05, 4.69) is 27.9 Å². The lowest BCUT2D eigenvalue weighted by Crippen LogP contribution is -2.38. The minimum absolute atomic E-state index is 0.208. The summed E-state index contributed by atoms with van der Waals surface area (Å²) in [4.78, 5) is 2.49. The van der Waals surface area contributed by atoms with Crippen LogP contribution in [0.5, 0.6) is 5.75 Å². The van der Waals surface area contributed by atoms with Crippen molar-refractivity contribution in [2.75, 3.05) is 40.8 Å². The van der Waals surface area contributed by atoms with Crippen LogP contribution < -0.4 is 4.74 Å². The van der Waals surface area contributed by atoms with E-state index in [0.29, 0.717) is 18.2 Å². The van der Waals surface area contributed by atoms with Crippen molar-refractivity contribution >= 4 is 26.0 Å². The van der Waals surface area contributed by atoms with Crippen molar-refractivity contribution in [3.63, 3.8) is 0 Å². The largest absolute Gasteiger partial charge is 0.495 e. The van der Waals surface area contributed by atoms with Gasteiger partial charge in [-0.25, -0.2) is 12.7 Å². The third-order valence-corrected chi connectivity index (χ3v) is 6.51. The number of methoxy groups -OCH3 is 1. The van der Waals surface area contributed by atoms with E-state index in [9.17, 15) is 8.42 Å². The maximum Gasteiger partial charge on any atom is 0.246 e. The quantitative estimate of drug-likeness (QED) is 0.774. The lowest BCUT2D eigenvalue weighted by Gasteiger charge is -2.31. The molecule has 0 unspecified atom stereocenters. The van der Waals surface area contributed by atoms with Gasteiger partial charge in [0.25, 0.3) is 0 Å². The molecule has 0 atom stereocenters. The number of benzene rings is 1. The zero-order chi connectivity index (χ0) is 16.3. The van der Waals surface area contributed by atoms with Crippen molar-refractivity contribution in [1.29, 1.82) is 0 Å². The van der Waals surface area contributed by atoms with Gasteiger partial charge in [0, 0.05) is 18.1 Å². The minimum atomic E-state index is -3.55. The molecule has 0 saturated carbocycles. The van der Waals surface area contributed by atoms with Gasteiger partial charge in [0.1, 0.15) is 10.6 Å². The zero-order valence-corrected chi connectivity index (χ0v) is 15.7. The van der Waals surface area contributed by atoms with E-state index >= 15 is 0 Å². The van der Waals surface area contributed by atoms with Crippen molar-refractivity contribution in [3.05, 3.63) is 22.7 Å². The maximum atomic E-state index is 12.8. The summed E-state index contributed by atoms with van der Waals surface area (Å²) in [7, 11) is 1.68. The van der Waals surface area contributed by atoms with Crippen LogP contribution in [0.4, 0.5) is 0 Å². The van der Waals surface area contributed by atoms with Crippen molar-refractivity contribution < 1.29 is 13.2 Å². The summed E-state index contributed by atoms with van der Waals surface area (Å²) in [5.74, 6) is 0.785. The monoisotopic (exact) mass is 390 g/mol. The topological polar surface area (TPSA) is 49.9 Å². The Morgan fingerprint density at radius 2 is 2.00 bits per heavy atom. The van der Waals surface area contributed by atoms with E-state index in [4.69, 9.17) is 4.74 Å². The number of ether oxygens (including phenoxy) is 1. The lowest BCUT2D eigenvalue weighted by molar-refractivity contribution is 0.202. The van der Waals surface area contributed by atoms with Crippen LogP contribution in [0.1, 0.15) is 12.8 Å². The van der Waals surface area contributed by atoms with E-state index in [0.717, 1.165) is 30.4 Å². The summed E-state index contributed by atoms with van der Waals surface area (Å²) in [6.45, 7) is 2.60. The molecule has 1 saturated heterocycles. The smallest absolute Gasteiger partial charge is 0.246 e. The van der Waals surface area contributed by atoms with E-state index in [1.54, 1.807) is 25.2 Å². The first-order valence-electron chi connectivity index (χ1n) is 7.33. The Labute approximate surface area is 141 Å². The number of halogens is 1. The molecule has 1 aromatic rings. The Kier molecular flexibility index (Phi) is 5.87. The fourth-order valence-corrected chi connectivity index (χ4v) is 4.66. The van der Waals surface area contributed by atoms with Crippen molar-refractivity contribution in [2.45, 2.75) is 17.7 Å². The summed E-state index contributed by atoms with van der Waals surface area (Å²) in [5.41, 5.74) is 0. The molecule has 0 N–H and O–H groups in total. The van der Waals surface area contributed by atoms with Crippen LogP contribution in [-0.4, -0.2) is 58.5 Å². The Balaban J connectivity index is 2.17. The number of rotatable bonds is 5. The number of nitrogens with zero attached hydrogens (tertiary/aromatic N) is 2. The van der Waals surface area contributed by atoms with E-state index in [1.165, 1.54) is 11.4 Å². The number of hydrogen-bond acceptors (Lipinski definition) is 4. The van der Waals surface area contributed by atoms with Gasteiger partial charge in [-0.15, -0.1) is 0 Å². The van der Waals surface area contributed by atoms with Gasteiger partial charge in [-0.2, -0.15) is 0 Å². The first-order chi connectivity index (χ1) is 10.3. The maximum absolute atomic E-state index is 12.8. The zero-order valence-electron chi connectivity index (χ0n) is 13.3. The summed E-state index contributed by atoms with van der Waals surface area (Å²) in [6.07, 6.45) is 2.07. The fraction of sp³-hybridized carbons (Fsp3) is 0.600. The van der Waals surface area contributed by atoms with Gasteiger partial charge in [0.15, 0.2) is 0 Å². The molecule has 0 amide bonds. The second kappa shape index (κ2) is 7.29. The molecular weight excluding hydrogens is 368 g/mol. The van der Waals surface area contributed by atoms with E-state index in [-0.39, 0.29) is 4.90 Å². The van der Waals surface area contributed by atoms with Crippen LogP contribution in [-0.2, 0) is 10.0 Å². The van der Waals surface area contributed by atoms with Crippen LogP contribution >= 0.6 is 15.9 Å². The normalized spacial score (nSPS) is 17.9. The lowest BCUT2D eigenvalue weighted by atomic mass is 9.97. The van der Waals surface area contributed by atoms with Crippen LogP contribution in [0.3, 0.4) is 0 Å². The summed E-state index contributed by atoms with van der Waals surface area (Å²) in [5, 5.41) is 0. The average Bonchev–Trinajstić information content (AvgIpc) is 2.49. The highest BCUT2D eigenvalue weighted by Gasteiger charge is 2.28. The number of piperidine rings is 1. The van der Waals surface area contributed by atoms with E-state index < -0.39 is 10.0 Å². The summed E-state index contributed by atoms with van der Waals surface area (Å²) in [6, 6.07) is 5.04. The highest BCUT2D eigenvalue weighted by atomic mass is 79.9. The van der Waals surface area contributed by atoms with Gasteiger partial charge in [-0.1, -0.05) is 15.9 Å². The fourth-order valence-electron chi connectivity index (χ4n) is 2.73. The number of likely N-dealkylation sites (tertiary alicyclic amines) is 1. The molecule has 22 heavy (non-hydrogen) atoms. The SMILES string of the molecule is COc1ccc(Br)cc1S(=O)(=O)N(C)CC1CCN(C)CC1. The predicted octanol–water partition coefficient (Wildman–Crippen LogP) is 2.42. The average molecular weight is 391 g/mol. The molecule has 2 rings (SSSR count). The second-order valence-corrected chi connectivity index (χ2v) is 8.76. The van der Waals surface area contributed by atoms with Crippen LogP contribution in [0, 0.1) is 5.92 Å². The number of hydrogen-bond donors (Lipinski definition) is 0. The molecule has 1 aromatic carbocycles. The van der Waals surface area contributed by atoms with Gasteiger partial charge in [0.2, 0.25) is 10.0 Å². The summed E-state index contributed by atoms with van der Waals surface area (Å²) >= 11 is 3.33. The molecule has 1 heterocycles. The Hall–Kier alpha value is -0.630. The number of sulfonamides is 1. The van der Waals surface area contributed by atoms with Crippen LogP contribution in [0.25, 0.3) is 0 Å². The molecule has 124 valence electrons. The van der Waals surface area contributed by atoms with Crippen molar-refractivity contribution in [3.8, 4) is 5.75 Å². The van der Waals surface area contributed by atoms with Gasteiger partial charge in [-0.05, 0) is 57.1 Å². The molecule has 0 bridgehead atoms. The first-order valence-corrected chi connectivity index (χ1v) is 9.56. The van der Waals surface area contributed by atoms with Gasteiger partial charge in [0.05, 0.1) is 7.11 Å². The van der Waals surface area contributed by atoms with Gasteiger partial charge in [-0.3, -0.25) is 0 Å². The summed E-state index contributed by atoms with van der Waals surface area (Å²) < 4.78 is 33.0. The molecular formula is C15H23BrN2O3S. The first kappa shape index (κ1) is 17.7. The standard InChI is InChI=1S/C15H23BrN2O3S/c1-17-8-6-12(7-9-17)11-18(2)22(19,20)15-10-13(16)4-5-14(15)21-3/h4-5,10,12H,6-9,11H2,1-3H3. The highest BCUT2D eigenvalue weighted by molar-refractivity contribution is 9.10. The third kappa shape index (κ3) is 4.01.